The zero-order valence-corrected chi connectivity index (χ0v) is 15.6. The number of carbonyl (C=O) groups is 1. The minimum absolute atomic E-state index is 0.0447. The van der Waals surface area contributed by atoms with E-state index in [0.29, 0.717) is 17.8 Å². The molecular weight excluding hydrogens is 340 g/mol. The van der Waals surface area contributed by atoms with E-state index in [1.54, 1.807) is 0 Å². The van der Waals surface area contributed by atoms with Gasteiger partial charge in [0.1, 0.15) is 6.33 Å². The van der Waals surface area contributed by atoms with E-state index < -0.39 is 0 Å². The molecule has 6 heteroatoms. The molecule has 2 bridgehead atoms. The van der Waals surface area contributed by atoms with Crippen LogP contribution in [0.1, 0.15) is 25.7 Å². The van der Waals surface area contributed by atoms with Crippen LogP contribution in [0, 0.1) is 11.8 Å². The molecule has 1 saturated carbocycles. The Balaban J connectivity index is 1.24. The van der Waals surface area contributed by atoms with E-state index in [0.717, 1.165) is 36.5 Å². The molecule has 3 saturated heterocycles. The number of piperidine rings is 1. The lowest BCUT2D eigenvalue weighted by molar-refractivity contribution is -0.133. The van der Waals surface area contributed by atoms with Crippen LogP contribution >= 0.6 is 0 Å². The van der Waals surface area contributed by atoms with Crippen molar-refractivity contribution in [3.05, 3.63) is 30.6 Å². The molecule has 4 heterocycles. The van der Waals surface area contributed by atoms with E-state index in [1.165, 1.54) is 38.6 Å². The molecule has 27 heavy (non-hydrogen) atoms. The van der Waals surface area contributed by atoms with Crippen molar-refractivity contribution in [3.63, 3.8) is 0 Å². The highest BCUT2D eigenvalue weighted by Gasteiger charge is 2.38. The van der Waals surface area contributed by atoms with Gasteiger partial charge < -0.3 is 9.64 Å². The molecule has 0 spiro atoms. The van der Waals surface area contributed by atoms with Crippen molar-refractivity contribution in [2.24, 2.45) is 11.8 Å². The molecule has 2 aromatic rings. The lowest BCUT2D eigenvalue weighted by Gasteiger charge is -2.36. The predicted molar refractivity (Wildman–Crippen MR) is 102 cm³/mol. The quantitative estimate of drug-likeness (QED) is 0.813. The Kier molecular flexibility index (Phi) is 4.44. The Morgan fingerprint density at radius 2 is 1.96 bits per heavy atom. The lowest BCUT2D eigenvalue weighted by Crippen LogP contribution is -2.45. The van der Waals surface area contributed by atoms with E-state index in [2.05, 4.69) is 14.9 Å². The Hall–Kier alpha value is -2.21. The van der Waals surface area contributed by atoms with Crippen molar-refractivity contribution in [3.8, 4) is 5.88 Å². The number of para-hydroxylation sites is 1. The van der Waals surface area contributed by atoms with Gasteiger partial charge in [-0.25, -0.2) is 9.97 Å². The molecule has 2 atom stereocenters. The van der Waals surface area contributed by atoms with Gasteiger partial charge in [0.25, 0.3) is 5.91 Å². The fourth-order valence-corrected chi connectivity index (χ4v) is 4.55. The summed E-state index contributed by atoms with van der Waals surface area (Å²) in [6.45, 7) is 4.14. The van der Waals surface area contributed by atoms with Gasteiger partial charge in [-0.15, -0.1) is 0 Å². The van der Waals surface area contributed by atoms with Gasteiger partial charge in [-0.1, -0.05) is 12.1 Å². The molecule has 6 rings (SSSR count). The first-order valence-corrected chi connectivity index (χ1v) is 10.1. The minimum Gasteiger partial charge on any atom is -0.467 e. The third kappa shape index (κ3) is 3.63. The Morgan fingerprint density at radius 1 is 1.07 bits per heavy atom. The van der Waals surface area contributed by atoms with E-state index in [1.807, 2.05) is 29.2 Å². The van der Waals surface area contributed by atoms with Crippen molar-refractivity contribution in [2.45, 2.75) is 31.7 Å². The highest BCUT2D eigenvalue weighted by atomic mass is 16.5. The topological polar surface area (TPSA) is 58.6 Å². The molecule has 0 N–H and O–H groups in total. The molecule has 0 unspecified atom stereocenters. The molecule has 3 aliphatic heterocycles. The zero-order valence-electron chi connectivity index (χ0n) is 15.6. The van der Waals surface area contributed by atoms with Crippen LogP contribution in [0.2, 0.25) is 0 Å². The van der Waals surface area contributed by atoms with Crippen molar-refractivity contribution >= 4 is 16.8 Å². The van der Waals surface area contributed by atoms with Crippen LogP contribution in [0.4, 0.5) is 0 Å². The van der Waals surface area contributed by atoms with Gasteiger partial charge in [0, 0.05) is 32.2 Å². The highest BCUT2D eigenvalue weighted by molar-refractivity contribution is 5.84. The number of fused-ring (bicyclic) bond motifs is 5. The highest BCUT2D eigenvalue weighted by Crippen LogP contribution is 2.34. The number of amides is 1. The van der Waals surface area contributed by atoms with Gasteiger partial charge >= 0.3 is 0 Å². The molecule has 6 nitrogen and oxygen atoms in total. The molecular formula is C21H26N4O2. The monoisotopic (exact) mass is 366 g/mol. The Labute approximate surface area is 159 Å². The summed E-state index contributed by atoms with van der Waals surface area (Å²) >= 11 is 0. The van der Waals surface area contributed by atoms with Crippen molar-refractivity contribution in [1.29, 1.82) is 0 Å². The standard InChI is InChI=1S/C21H26N4O2/c26-20(13-27-21-18-3-1-2-4-19(18)22-14-23-21)25-11-16-7-8-17(12-25)24(10-16)9-15-5-6-15/h1-4,14-17H,5-13H2/t16-,17-/m1/s1. The first-order valence-electron chi connectivity index (χ1n) is 10.1. The summed E-state index contributed by atoms with van der Waals surface area (Å²) in [6, 6.07) is 8.24. The largest absolute Gasteiger partial charge is 0.467 e. The van der Waals surface area contributed by atoms with Gasteiger partial charge in [0.05, 0.1) is 10.9 Å². The minimum atomic E-state index is 0.0447. The second kappa shape index (κ2) is 7.08. The first kappa shape index (κ1) is 16.9. The van der Waals surface area contributed by atoms with Gasteiger partial charge in [-0.2, -0.15) is 0 Å². The summed E-state index contributed by atoms with van der Waals surface area (Å²) in [4.78, 5) is 26.0. The third-order valence-electron chi connectivity index (χ3n) is 6.21. The van der Waals surface area contributed by atoms with Crippen LogP contribution in [-0.2, 0) is 4.79 Å². The van der Waals surface area contributed by atoms with Crippen LogP contribution < -0.4 is 4.74 Å². The van der Waals surface area contributed by atoms with Gasteiger partial charge in [-0.05, 0) is 49.7 Å². The summed E-state index contributed by atoms with van der Waals surface area (Å²) < 4.78 is 5.81. The molecule has 1 aromatic carbocycles. The van der Waals surface area contributed by atoms with Crippen LogP contribution in [-0.4, -0.2) is 64.5 Å². The molecule has 1 aromatic heterocycles. The smallest absolute Gasteiger partial charge is 0.260 e. The second-order valence-electron chi connectivity index (χ2n) is 8.28. The maximum Gasteiger partial charge on any atom is 0.260 e. The number of nitrogens with zero attached hydrogens (tertiary/aromatic N) is 4. The van der Waals surface area contributed by atoms with Crippen molar-refractivity contribution in [2.75, 3.05) is 32.8 Å². The summed E-state index contributed by atoms with van der Waals surface area (Å²) in [5.41, 5.74) is 0.832. The van der Waals surface area contributed by atoms with Crippen LogP contribution in [0.3, 0.4) is 0 Å². The zero-order chi connectivity index (χ0) is 18.2. The summed E-state index contributed by atoms with van der Waals surface area (Å²) in [5.74, 6) is 2.07. The molecule has 0 radical (unpaired) electrons. The summed E-state index contributed by atoms with van der Waals surface area (Å²) in [7, 11) is 0. The Morgan fingerprint density at radius 3 is 2.85 bits per heavy atom. The van der Waals surface area contributed by atoms with E-state index in [4.69, 9.17) is 4.74 Å². The SMILES string of the molecule is O=C(COc1ncnc2ccccc12)N1C[C@@H]2CC[C@H](C1)N(CC1CC1)C2. The number of hydrogen-bond donors (Lipinski definition) is 0. The maximum absolute atomic E-state index is 12.9. The summed E-state index contributed by atoms with van der Waals surface area (Å²) in [6.07, 6.45) is 6.73. The third-order valence-corrected chi connectivity index (χ3v) is 6.21. The molecule has 142 valence electrons. The second-order valence-corrected chi connectivity index (χ2v) is 8.28. The summed E-state index contributed by atoms with van der Waals surface area (Å²) in [5, 5.41) is 0.847. The van der Waals surface area contributed by atoms with E-state index in [9.17, 15) is 4.79 Å². The fourth-order valence-electron chi connectivity index (χ4n) is 4.55. The van der Waals surface area contributed by atoms with Gasteiger partial charge in [0.2, 0.25) is 5.88 Å². The predicted octanol–water partition coefficient (Wildman–Crippen LogP) is 2.34. The average Bonchev–Trinajstić information content (AvgIpc) is 3.54. The van der Waals surface area contributed by atoms with Gasteiger partial charge in [-0.3, -0.25) is 9.69 Å². The number of carbonyl (C=O) groups excluding carboxylic acids is 1. The fraction of sp³-hybridized carbons (Fsp3) is 0.571. The lowest BCUT2D eigenvalue weighted by atomic mass is 9.95. The number of ether oxygens (including phenoxy) is 1. The number of rotatable bonds is 5. The van der Waals surface area contributed by atoms with Crippen molar-refractivity contribution in [1.82, 2.24) is 19.8 Å². The van der Waals surface area contributed by atoms with E-state index in [-0.39, 0.29) is 12.5 Å². The molecule has 4 fully saturated rings. The van der Waals surface area contributed by atoms with Crippen LogP contribution in [0.5, 0.6) is 5.88 Å². The molecule has 1 amide bonds. The normalized spacial score (nSPS) is 25.6. The Bertz CT molecular complexity index is 833. The first-order chi connectivity index (χ1) is 13.3. The van der Waals surface area contributed by atoms with Crippen LogP contribution in [0.15, 0.2) is 30.6 Å². The number of hydrogen-bond acceptors (Lipinski definition) is 5. The van der Waals surface area contributed by atoms with Crippen molar-refractivity contribution < 1.29 is 9.53 Å². The van der Waals surface area contributed by atoms with Gasteiger partial charge in [0.15, 0.2) is 6.61 Å². The maximum atomic E-state index is 12.9. The van der Waals surface area contributed by atoms with Crippen LogP contribution in [0.25, 0.3) is 10.9 Å². The molecule has 1 aliphatic carbocycles. The number of aromatic nitrogens is 2. The van der Waals surface area contributed by atoms with E-state index >= 15 is 0 Å². The molecule has 4 aliphatic rings. The average molecular weight is 366 g/mol. The number of benzene rings is 1.